The predicted molar refractivity (Wildman–Crippen MR) is 67.5 cm³/mol. The Labute approximate surface area is 110 Å². The van der Waals surface area contributed by atoms with Gasteiger partial charge in [0.05, 0.1) is 18.5 Å². The van der Waals surface area contributed by atoms with Gasteiger partial charge in [0.2, 0.25) is 0 Å². The number of fused-ring (bicyclic) bond motifs is 1. The molecule has 0 unspecified atom stereocenters. The highest BCUT2D eigenvalue weighted by Crippen LogP contribution is 2.25. The highest BCUT2D eigenvalue weighted by molar-refractivity contribution is 7.18. The standard InChI is InChI=1S/C11H12F3N3OS/c1-5-6(2)19-10-8(5)9(18)16-7(17-10)3-15-4-11(12,13)14/h15H,3-4H2,1-2H3,(H,16,17,18). The van der Waals surface area contributed by atoms with E-state index in [4.69, 9.17) is 0 Å². The number of aryl methyl sites for hydroxylation is 2. The first-order valence-corrected chi connectivity index (χ1v) is 6.36. The maximum atomic E-state index is 12.0. The molecule has 2 aromatic rings. The Morgan fingerprint density at radius 2 is 2.05 bits per heavy atom. The molecular weight excluding hydrogens is 279 g/mol. The number of H-pyrrole nitrogens is 1. The molecule has 2 aromatic heterocycles. The van der Waals surface area contributed by atoms with Crippen LogP contribution < -0.4 is 10.9 Å². The molecule has 2 N–H and O–H groups in total. The van der Waals surface area contributed by atoms with Gasteiger partial charge in [-0.2, -0.15) is 13.2 Å². The zero-order chi connectivity index (χ0) is 14.2. The van der Waals surface area contributed by atoms with Gasteiger partial charge in [0.25, 0.3) is 5.56 Å². The summed E-state index contributed by atoms with van der Waals surface area (Å²) in [7, 11) is 0. The van der Waals surface area contributed by atoms with Crippen molar-refractivity contribution in [2.24, 2.45) is 0 Å². The van der Waals surface area contributed by atoms with Gasteiger partial charge in [-0.05, 0) is 19.4 Å². The second-order valence-electron chi connectivity index (χ2n) is 4.19. The van der Waals surface area contributed by atoms with E-state index < -0.39 is 12.7 Å². The van der Waals surface area contributed by atoms with Crippen molar-refractivity contribution in [2.75, 3.05) is 6.54 Å². The summed E-state index contributed by atoms with van der Waals surface area (Å²) in [4.78, 5) is 20.1. The van der Waals surface area contributed by atoms with Crippen LogP contribution in [0.3, 0.4) is 0 Å². The fourth-order valence-electron chi connectivity index (χ4n) is 1.71. The van der Waals surface area contributed by atoms with E-state index in [-0.39, 0.29) is 17.9 Å². The largest absolute Gasteiger partial charge is 0.401 e. The van der Waals surface area contributed by atoms with E-state index in [9.17, 15) is 18.0 Å². The molecule has 8 heteroatoms. The summed E-state index contributed by atoms with van der Waals surface area (Å²) in [5, 5.41) is 2.72. The Morgan fingerprint density at radius 3 is 2.68 bits per heavy atom. The quantitative estimate of drug-likeness (QED) is 0.912. The normalized spacial score (nSPS) is 12.3. The lowest BCUT2D eigenvalue weighted by Crippen LogP contribution is -2.29. The monoisotopic (exact) mass is 291 g/mol. The number of aromatic amines is 1. The first-order chi connectivity index (χ1) is 8.78. The van der Waals surface area contributed by atoms with Crippen LogP contribution in [-0.2, 0) is 6.54 Å². The number of halogens is 3. The molecule has 0 fully saturated rings. The summed E-state index contributed by atoms with van der Waals surface area (Å²) in [6.45, 7) is 2.47. The van der Waals surface area contributed by atoms with Gasteiger partial charge in [-0.3, -0.25) is 4.79 Å². The molecule has 0 saturated carbocycles. The van der Waals surface area contributed by atoms with Gasteiger partial charge in [-0.25, -0.2) is 4.98 Å². The van der Waals surface area contributed by atoms with Crippen molar-refractivity contribution in [1.82, 2.24) is 15.3 Å². The Hall–Kier alpha value is -1.41. The van der Waals surface area contributed by atoms with Crippen LogP contribution in [0.25, 0.3) is 10.2 Å². The van der Waals surface area contributed by atoms with Crippen LogP contribution in [0.1, 0.15) is 16.3 Å². The summed E-state index contributed by atoms with van der Waals surface area (Å²) in [5.74, 6) is 0.211. The SMILES string of the molecule is Cc1sc2nc(CNCC(F)(F)F)[nH]c(=O)c2c1C. The third-order valence-electron chi connectivity index (χ3n) is 2.71. The number of hydrogen-bond donors (Lipinski definition) is 2. The highest BCUT2D eigenvalue weighted by Gasteiger charge is 2.26. The van der Waals surface area contributed by atoms with Crippen LogP contribution in [0, 0.1) is 13.8 Å². The number of alkyl halides is 3. The molecule has 0 aromatic carbocycles. The molecular formula is C11H12F3N3OS. The lowest BCUT2D eigenvalue weighted by Gasteiger charge is -2.07. The minimum atomic E-state index is -4.28. The van der Waals surface area contributed by atoms with Crippen LogP contribution in [0.15, 0.2) is 4.79 Å². The van der Waals surface area contributed by atoms with Gasteiger partial charge >= 0.3 is 6.18 Å². The van der Waals surface area contributed by atoms with Crippen molar-refractivity contribution in [1.29, 1.82) is 0 Å². The van der Waals surface area contributed by atoms with Crippen molar-refractivity contribution in [3.63, 3.8) is 0 Å². The molecule has 2 rings (SSSR count). The minimum absolute atomic E-state index is 0.124. The fourth-order valence-corrected chi connectivity index (χ4v) is 2.75. The van der Waals surface area contributed by atoms with Gasteiger partial charge < -0.3 is 10.3 Å². The average molecular weight is 291 g/mol. The molecule has 19 heavy (non-hydrogen) atoms. The van der Waals surface area contributed by atoms with Gasteiger partial charge in [-0.15, -0.1) is 11.3 Å². The molecule has 0 amide bonds. The van der Waals surface area contributed by atoms with Crippen molar-refractivity contribution in [3.8, 4) is 0 Å². The number of thiophene rings is 1. The zero-order valence-electron chi connectivity index (χ0n) is 10.3. The van der Waals surface area contributed by atoms with Gasteiger partial charge in [0, 0.05) is 4.88 Å². The Bertz CT molecular complexity index is 659. The topological polar surface area (TPSA) is 57.8 Å². The lowest BCUT2D eigenvalue weighted by atomic mass is 10.2. The second-order valence-corrected chi connectivity index (χ2v) is 5.40. The van der Waals surface area contributed by atoms with Gasteiger partial charge in [0.15, 0.2) is 0 Å². The molecule has 0 atom stereocenters. The Kier molecular flexibility index (Phi) is 3.64. The van der Waals surface area contributed by atoms with E-state index in [1.165, 1.54) is 11.3 Å². The highest BCUT2D eigenvalue weighted by atomic mass is 32.1. The molecule has 0 aliphatic heterocycles. The number of rotatable bonds is 3. The first kappa shape index (κ1) is 14.0. The van der Waals surface area contributed by atoms with Crippen molar-refractivity contribution in [2.45, 2.75) is 26.6 Å². The third kappa shape index (κ3) is 3.13. The molecule has 4 nitrogen and oxygen atoms in total. The molecule has 0 radical (unpaired) electrons. The molecule has 104 valence electrons. The van der Waals surface area contributed by atoms with Gasteiger partial charge in [-0.1, -0.05) is 0 Å². The van der Waals surface area contributed by atoms with Gasteiger partial charge in [0.1, 0.15) is 10.7 Å². The summed E-state index contributed by atoms with van der Waals surface area (Å²) in [5.41, 5.74) is 0.555. The van der Waals surface area contributed by atoms with Crippen molar-refractivity contribution in [3.05, 3.63) is 26.6 Å². The molecule has 2 heterocycles. The molecule has 0 spiro atoms. The van der Waals surface area contributed by atoms with Crippen molar-refractivity contribution < 1.29 is 13.2 Å². The zero-order valence-corrected chi connectivity index (χ0v) is 11.1. The molecule has 0 aliphatic carbocycles. The van der Waals surface area contributed by atoms with E-state index in [0.29, 0.717) is 10.2 Å². The maximum Gasteiger partial charge on any atom is 0.401 e. The first-order valence-electron chi connectivity index (χ1n) is 5.54. The molecule has 0 saturated heterocycles. The summed E-state index contributed by atoms with van der Waals surface area (Å²) in [6, 6.07) is 0. The molecule has 0 bridgehead atoms. The van der Waals surface area contributed by atoms with Crippen LogP contribution in [0.2, 0.25) is 0 Å². The maximum absolute atomic E-state index is 12.0. The molecule has 0 aliphatic rings. The average Bonchev–Trinajstić information content (AvgIpc) is 2.53. The second kappa shape index (κ2) is 4.93. The van der Waals surface area contributed by atoms with E-state index in [2.05, 4.69) is 15.3 Å². The van der Waals surface area contributed by atoms with E-state index >= 15 is 0 Å². The summed E-state index contributed by atoms with van der Waals surface area (Å²) < 4.78 is 36.0. The fraction of sp³-hybridized carbons (Fsp3) is 0.455. The Morgan fingerprint density at radius 1 is 1.37 bits per heavy atom. The number of nitrogens with zero attached hydrogens (tertiary/aromatic N) is 1. The van der Waals surface area contributed by atoms with E-state index in [1.807, 2.05) is 13.8 Å². The smallest absolute Gasteiger partial charge is 0.309 e. The summed E-state index contributed by atoms with van der Waals surface area (Å²) >= 11 is 1.36. The third-order valence-corrected chi connectivity index (χ3v) is 3.81. The van der Waals surface area contributed by atoms with Crippen LogP contribution in [0.5, 0.6) is 0 Å². The van der Waals surface area contributed by atoms with Crippen LogP contribution >= 0.6 is 11.3 Å². The number of hydrogen-bond acceptors (Lipinski definition) is 4. The number of nitrogens with one attached hydrogen (secondary N) is 2. The predicted octanol–water partition coefficient (Wildman–Crippen LogP) is 2.25. The summed E-state index contributed by atoms with van der Waals surface area (Å²) in [6.07, 6.45) is -4.28. The van der Waals surface area contributed by atoms with Crippen molar-refractivity contribution >= 4 is 21.6 Å². The van der Waals surface area contributed by atoms with Crippen LogP contribution in [-0.4, -0.2) is 22.7 Å². The lowest BCUT2D eigenvalue weighted by molar-refractivity contribution is -0.125. The van der Waals surface area contributed by atoms with Crippen LogP contribution in [0.4, 0.5) is 13.2 Å². The number of aromatic nitrogens is 2. The minimum Gasteiger partial charge on any atom is -0.309 e. The van der Waals surface area contributed by atoms with E-state index in [1.54, 1.807) is 0 Å². The van der Waals surface area contributed by atoms with E-state index in [0.717, 1.165) is 10.4 Å². The Balaban J connectivity index is 2.24.